The fourth-order valence-electron chi connectivity index (χ4n) is 3.27. The Kier molecular flexibility index (Phi) is 4.28. The van der Waals surface area contributed by atoms with Gasteiger partial charge in [0, 0.05) is 17.5 Å². The van der Waals surface area contributed by atoms with Gasteiger partial charge < -0.3 is 14.8 Å². The molecule has 132 valence electrons. The van der Waals surface area contributed by atoms with Crippen molar-refractivity contribution in [2.75, 3.05) is 13.7 Å². The largest absolute Gasteiger partial charge is 0.466 e. The second-order valence-electron chi connectivity index (χ2n) is 5.80. The van der Waals surface area contributed by atoms with Crippen LogP contribution in [0.5, 0.6) is 0 Å². The maximum atomic E-state index is 14.2. The van der Waals surface area contributed by atoms with Crippen LogP contribution in [0.1, 0.15) is 37.1 Å². The lowest BCUT2D eigenvalue weighted by Crippen LogP contribution is -2.30. The number of carbonyl (C=O) groups is 2. The molecular formula is C17H16F2N2O4. The summed E-state index contributed by atoms with van der Waals surface area (Å²) in [6.07, 6.45) is 0.498. The van der Waals surface area contributed by atoms with Crippen LogP contribution >= 0.6 is 0 Å². The van der Waals surface area contributed by atoms with E-state index in [1.165, 1.54) is 20.2 Å². The molecule has 2 atom stereocenters. The molecule has 0 aromatic carbocycles. The highest BCUT2D eigenvalue weighted by atomic mass is 19.1. The van der Waals surface area contributed by atoms with Crippen molar-refractivity contribution >= 4 is 11.9 Å². The maximum Gasteiger partial charge on any atom is 0.337 e. The molecule has 25 heavy (non-hydrogen) atoms. The zero-order chi connectivity index (χ0) is 18.3. The first-order valence-corrected chi connectivity index (χ1v) is 7.60. The number of cyclic esters (lactones) is 1. The minimum atomic E-state index is -1.66. The number of rotatable bonds is 3. The Labute approximate surface area is 142 Å². The van der Waals surface area contributed by atoms with Crippen molar-refractivity contribution in [3.8, 4) is 0 Å². The SMILES string of the molecule is COC(=O)C1=C(C)NC2=C(C(=O)OC2)[C@H]1c1cncc(F)c1[C@H](C)F. The highest BCUT2D eigenvalue weighted by molar-refractivity contribution is 6.01. The first-order chi connectivity index (χ1) is 11.9. The van der Waals surface area contributed by atoms with E-state index in [-0.39, 0.29) is 28.9 Å². The van der Waals surface area contributed by atoms with Gasteiger partial charge in [-0.3, -0.25) is 4.98 Å². The summed E-state index contributed by atoms with van der Waals surface area (Å²) in [6, 6.07) is 0. The number of nitrogens with one attached hydrogen (secondary N) is 1. The van der Waals surface area contributed by atoms with E-state index in [0.29, 0.717) is 11.4 Å². The van der Waals surface area contributed by atoms with Crippen LogP contribution in [0.25, 0.3) is 0 Å². The molecule has 2 aliphatic heterocycles. The molecule has 6 nitrogen and oxygen atoms in total. The van der Waals surface area contributed by atoms with Crippen LogP contribution in [0.15, 0.2) is 34.9 Å². The Bertz CT molecular complexity index is 830. The smallest absolute Gasteiger partial charge is 0.337 e. The number of halogens is 2. The van der Waals surface area contributed by atoms with E-state index >= 15 is 0 Å². The van der Waals surface area contributed by atoms with Gasteiger partial charge in [0.2, 0.25) is 0 Å². The molecule has 0 aliphatic carbocycles. The molecule has 0 amide bonds. The predicted molar refractivity (Wildman–Crippen MR) is 82.3 cm³/mol. The van der Waals surface area contributed by atoms with E-state index in [0.717, 1.165) is 6.20 Å². The van der Waals surface area contributed by atoms with Gasteiger partial charge in [-0.1, -0.05) is 0 Å². The third-order valence-corrected chi connectivity index (χ3v) is 4.30. The van der Waals surface area contributed by atoms with E-state index in [1.54, 1.807) is 6.92 Å². The summed E-state index contributed by atoms with van der Waals surface area (Å²) < 4.78 is 38.2. The fraction of sp³-hybridized carbons (Fsp3) is 0.353. The van der Waals surface area contributed by atoms with Crippen molar-refractivity contribution in [3.05, 3.63) is 51.9 Å². The Morgan fingerprint density at radius 3 is 2.84 bits per heavy atom. The molecule has 1 aromatic rings. The standard InChI is InChI=1S/C17H16F2N2O4/c1-7(18)12-9(4-20-5-10(12)19)14-13(16(22)24-3)8(2)21-11-6-25-17(23)15(11)14/h4-5,7,14,21H,6H2,1-3H3/t7-,14-/m0/s1. The van der Waals surface area contributed by atoms with Crippen LogP contribution in [-0.4, -0.2) is 30.6 Å². The minimum Gasteiger partial charge on any atom is -0.466 e. The fourth-order valence-corrected chi connectivity index (χ4v) is 3.27. The minimum absolute atomic E-state index is 0.000282. The lowest BCUT2D eigenvalue weighted by Gasteiger charge is -2.28. The number of alkyl halides is 1. The van der Waals surface area contributed by atoms with Gasteiger partial charge in [0.1, 0.15) is 18.6 Å². The van der Waals surface area contributed by atoms with E-state index in [2.05, 4.69) is 10.3 Å². The third kappa shape index (κ3) is 2.67. The van der Waals surface area contributed by atoms with Crippen molar-refractivity contribution < 1.29 is 27.8 Å². The molecule has 3 rings (SSSR count). The number of methoxy groups -OCH3 is 1. The van der Waals surface area contributed by atoms with E-state index in [4.69, 9.17) is 9.47 Å². The molecule has 0 saturated heterocycles. The normalized spacial score (nSPS) is 20.8. The first kappa shape index (κ1) is 17.1. The number of pyridine rings is 1. The van der Waals surface area contributed by atoms with Crippen LogP contribution in [0.3, 0.4) is 0 Å². The summed E-state index contributed by atoms with van der Waals surface area (Å²) in [7, 11) is 1.19. The zero-order valence-electron chi connectivity index (χ0n) is 13.9. The van der Waals surface area contributed by atoms with Crippen LogP contribution in [0, 0.1) is 5.82 Å². The molecule has 0 spiro atoms. The summed E-state index contributed by atoms with van der Waals surface area (Å²) in [5.41, 5.74) is 0.970. The highest BCUT2D eigenvalue weighted by Gasteiger charge is 2.43. The Balaban J connectivity index is 2.28. The summed E-state index contributed by atoms with van der Waals surface area (Å²) in [4.78, 5) is 28.3. The zero-order valence-corrected chi connectivity index (χ0v) is 13.9. The summed E-state index contributed by atoms with van der Waals surface area (Å²) in [5, 5.41) is 2.94. The Hall–Kier alpha value is -2.77. The maximum absolute atomic E-state index is 14.2. The second-order valence-corrected chi connectivity index (χ2v) is 5.80. The molecule has 0 fully saturated rings. The average Bonchev–Trinajstić information content (AvgIpc) is 2.93. The lowest BCUT2D eigenvalue weighted by atomic mass is 9.79. The molecule has 0 radical (unpaired) electrons. The molecule has 2 aliphatic rings. The predicted octanol–water partition coefficient (Wildman–Crippen LogP) is 2.20. The lowest BCUT2D eigenvalue weighted by molar-refractivity contribution is -0.136. The number of esters is 2. The first-order valence-electron chi connectivity index (χ1n) is 7.60. The van der Waals surface area contributed by atoms with E-state index in [9.17, 15) is 18.4 Å². The third-order valence-electron chi connectivity index (χ3n) is 4.30. The van der Waals surface area contributed by atoms with Crippen LogP contribution < -0.4 is 5.32 Å². The number of dihydropyridines is 1. The number of carbonyl (C=O) groups excluding carboxylic acids is 2. The molecule has 0 saturated carbocycles. The van der Waals surface area contributed by atoms with Crippen molar-refractivity contribution in [3.63, 3.8) is 0 Å². The van der Waals surface area contributed by atoms with Crippen LogP contribution in [0.4, 0.5) is 8.78 Å². The molecule has 1 aromatic heterocycles. The quantitative estimate of drug-likeness (QED) is 0.842. The van der Waals surface area contributed by atoms with Gasteiger partial charge in [-0.05, 0) is 19.4 Å². The van der Waals surface area contributed by atoms with Gasteiger partial charge in [-0.25, -0.2) is 18.4 Å². The summed E-state index contributed by atoms with van der Waals surface area (Å²) in [6.45, 7) is 2.80. The van der Waals surface area contributed by atoms with Crippen molar-refractivity contribution in [1.29, 1.82) is 0 Å². The molecule has 3 heterocycles. The number of allylic oxidation sites excluding steroid dienone is 1. The van der Waals surface area contributed by atoms with Gasteiger partial charge in [0.05, 0.1) is 36.1 Å². The molecule has 8 heteroatoms. The van der Waals surface area contributed by atoms with Gasteiger partial charge in [-0.15, -0.1) is 0 Å². The molecule has 0 unspecified atom stereocenters. The topological polar surface area (TPSA) is 77.5 Å². The number of hydrogen-bond acceptors (Lipinski definition) is 6. The molecule has 0 bridgehead atoms. The van der Waals surface area contributed by atoms with E-state index < -0.39 is 29.8 Å². The number of ether oxygens (including phenoxy) is 2. The summed E-state index contributed by atoms with van der Waals surface area (Å²) >= 11 is 0. The Morgan fingerprint density at radius 1 is 1.48 bits per heavy atom. The van der Waals surface area contributed by atoms with Crippen molar-refractivity contribution in [1.82, 2.24) is 10.3 Å². The average molecular weight is 350 g/mol. The van der Waals surface area contributed by atoms with Gasteiger partial charge in [0.15, 0.2) is 0 Å². The van der Waals surface area contributed by atoms with Crippen LogP contribution in [-0.2, 0) is 19.1 Å². The monoisotopic (exact) mass is 350 g/mol. The van der Waals surface area contributed by atoms with Crippen molar-refractivity contribution in [2.45, 2.75) is 25.9 Å². The van der Waals surface area contributed by atoms with Gasteiger partial charge in [0.25, 0.3) is 0 Å². The Morgan fingerprint density at radius 2 is 2.20 bits per heavy atom. The number of aromatic nitrogens is 1. The summed E-state index contributed by atoms with van der Waals surface area (Å²) in [5.74, 6) is -3.22. The second kappa shape index (κ2) is 6.27. The molecule has 1 N–H and O–H groups in total. The van der Waals surface area contributed by atoms with E-state index in [1.807, 2.05) is 0 Å². The number of hydrogen-bond donors (Lipinski definition) is 1. The number of nitrogens with zero attached hydrogens (tertiary/aromatic N) is 1. The highest BCUT2D eigenvalue weighted by Crippen LogP contribution is 2.44. The van der Waals surface area contributed by atoms with Gasteiger partial charge in [-0.2, -0.15) is 0 Å². The van der Waals surface area contributed by atoms with Crippen LogP contribution in [0.2, 0.25) is 0 Å². The van der Waals surface area contributed by atoms with Gasteiger partial charge >= 0.3 is 11.9 Å². The van der Waals surface area contributed by atoms with Crippen molar-refractivity contribution in [2.24, 2.45) is 0 Å². The molecular weight excluding hydrogens is 334 g/mol.